The summed E-state index contributed by atoms with van der Waals surface area (Å²) in [7, 11) is 0. The summed E-state index contributed by atoms with van der Waals surface area (Å²) >= 11 is 0. The fourth-order valence-corrected chi connectivity index (χ4v) is 3.56. The van der Waals surface area contributed by atoms with Gasteiger partial charge in [0.2, 0.25) is 0 Å². The average molecular weight is 390 g/mol. The van der Waals surface area contributed by atoms with Crippen molar-refractivity contribution in [1.29, 1.82) is 0 Å². The molecule has 0 saturated carbocycles. The fraction of sp³-hybridized carbons (Fsp3) is 0.720. The molecule has 160 valence electrons. The highest BCUT2D eigenvalue weighted by Crippen LogP contribution is 2.21. The van der Waals surface area contributed by atoms with Crippen molar-refractivity contribution in [2.45, 2.75) is 110 Å². The van der Waals surface area contributed by atoms with Gasteiger partial charge >= 0.3 is 0 Å². The lowest BCUT2D eigenvalue weighted by atomic mass is 10.0. The number of aromatic hydroxyl groups is 2. The molecule has 0 unspecified atom stereocenters. The minimum Gasteiger partial charge on any atom is -0.508 e. The Kier molecular flexibility index (Phi) is 15.4. The first-order valence-corrected chi connectivity index (χ1v) is 11.8. The summed E-state index contributed by atoms with van der Waals surface area (Å²) < 4.78 is 0. The average Bonchev–Trinajstić information content (AvgIpc) is 2.68. The second-order valence-electron chi connectivity index (χ2n) is 8.08. The van der Waals surface area contributed by atoms with Gasteiger partial charge in [0, 0.05) is 24.4 Å². The van der Waals surface area contributed by atoms with Gasteiger partial charge in [-0.1, -0.05) is 103 Å². The number of phenolic OH excluding ortho intramolecular Hbond substituents is 2. The van der Waals surface area contributed by atoms with E-state index in [1.54, 1.807) is 18.3 Å². The minimum absolute atomic E-state index is 0.0763. The third-order valence-electron chi connectivity index (χ3n) is 5.39. The molecule has 28 heavy (non-hydrogen) atoms. The van der Waals surface area contributed by atoms with E-state index in [1.807, 2.05) is 0 Å². The van der Waals surface area contributed by atoms with E-state index < -0.39 is 0 Å². The van der Waals surface area contributed by atoms with Gasteiger partial charge in [-0.05, 0) is 18.6 Å². The van der Waals surface area contributed by atoms with Crippen LogP contribution >= 0.6 is 0 Å². The highest BCUT2D eigenvalue weighted by atomic mass is 16.3. The van der Waals surface area contributed by atoms with E-state index in [2.05, 4.69) is 11.9 Å². The first-order chi connectivity index (χ1) is 13.7. The molecular weight excluding hydrogens is 346 g/mol. The van der Waals surface area contributed by atoms with E-state index in [0.717, 1.165) is 13.0 Å². The number of unbranched alkanes of at least 4 members (excludes halogenated alkanes) is 15. The van der Waals surface area contributed by atoms with E-state index in [9.17, 15) is 10.2 Å². The van der Waals surface area contributed by atoms with Gasteiger partial charge in [0.1, 0.15) is 11.5 Å². The summed E-state index contributed by atoms with van der Waals surface area (Å²) in [4.78, 5) is 4.37. The summed E-state index contributed by atoms with van der Waals surface area (Å²) in [5.74, 6) is 0.156. The van der Waals surface area contributed by atoms with E-state index in [4.69, 9.17) is 0 Å². The van der Waals surface area contributed by atoms with Crippen LogP contribution in [0.2, 0.25) is 0 Å². The molecule has 0 saturated heterocycles. The van der Waals surface area contributed by atoms with Crippen LogP contribution in [0.5, 0.6) is 11.5 Å². The van der Waals surface area contributed by atoms with Crippen LogP contribution in [0.1, 0.15) is 115 Å². The molecule has 0 aliphatic rings. The molecule has 0 bridgehead atoms. The Hall–Kier alpha value is -1.51. The number of aliphatic imine (C=N–C) groups is 1. The van der Waals surface area contributed by atoms with Crippen molar-refractivity contribution in [2.75, 3.05) is 6.54 Å². The molecule has 1 rings (SSSR count). The first kappa shape index (κ1) is 24.5. The van der Waals surface area contributed by atoms with E-state index >= 15 is 0 Å². The number of nitrogens with zero attached hydrogens (tertiary/aromatic N) is 1. The van der Waals surface area contributed by atoms with Gasteiger partial charge < -0.3 is 10.2 Å². The number of rotatable bonds is 18. The Morgan fingerprint density at radius 2 is 1.14 bits per heavy atom. The van der Waals surface area contributed by atoms with Crippen LogP contribution in [-0.2, 0) is 0 Å². The molecule has 0 spiro atoms. The van der Waals surface area contributed by atoms with Gasteiger partial charge in [-0.2, -0.15) is 0 Å². The van der Waals surface area contributed by atoms with Crippen LogP contribution < -0.4 is 0 Å². The molecule has 3 nitrogen and oxygen atoms in total. The molecule has 0 aromatic heterocycles. The maximum absolute atomic E-state index is 9.68. The minimum atomic E-state index is 0.0763. The van der Waals surface area contributed by atoms with Gasteiger partial charge in [0.05, 0.1) is 0 Å². The number of phenols is 2. The molecule has 0 fully saturated rings. The lowest BCUT2D eigenvalue weighted by molar-refractivity contribution is 0.450. The summed E-state index contributed by atoms with van der Waals surface area (Å²) in [5, 5.41) is 18.9. The normalized spacial score (nSPS) is 11.5. The van der Waals surface area contributed by atoms with Gasteiger partial charge in [-0.3, -0.25) is 4.99 Å². The largest absolute Gasteiger partial charge is 0.508 e. The van der Waals surface area contributed by atoms with Crippen molar-refractivity contribution >= 4 is 6.21 Å². The molecule has 0 heterocycles. The van der Waals surface area contributed by atoms with Crippen LogP contribution in [0.3, 0.4) is 0 Å². The summed E-state index contributed by atoms with van der Waals surface area (Å²) in [6.07, 6.45) is 23.7. The predicted molar refractivity (Wildman–Crippen MR) is 122 cm³/mol. The molecular formula is C25H43NO2. The SMILES string of the molecule is CCCCCCCCCCCCCCCCCCN=Cc1ccc(O)cc1O. The Morgan fingerprint density at radius 3 is 1.61 bits per heavy atom. The zero-order valence-electron chi connectivity index (χ0n) is 18.2. The molecule has 0 radical (unpaired) electrons. The summed E-state index contributed by atoms with van der Waals surface area (Å²) in [5.41, 5.74) is 0.661. The van der Waals surface area contributed by atoms with Gasteiger partial charge in [0.25, 0.3) is 0 Å². The van der Waals surface area contributed by atoms with Gasteiger partial charge in [0.15, 0.2) is 0 Å². The summed E-state index contributed by atoms with van der Waals surface area (Å²) in [6.45, 7) is 3.09. The Bertz CT molecular complexity index is 513. The van der Waals surface area contributed by atoms with E-state index in [0.29, 0.717) is 5.56 Å². The first-order valence-electron chi connectivity index (χ1n) is 11.8. The quantitative estimate of drug-likeness (QED) is 0.199. The van der Waals surface area contributed by atoms with Crippen LogP contribution in [0, 0.1) is 0 Å². The van der Waals surface area contributed by atoms with Crippen LogP contribution in [0.4, 0.5) is 0 Å². The predicted octanol–water partition coefficient (Wildman–Crippen LogP) is 7.78. The third-order valence-corrected chi connectivity index (χ3v) is 5.39. The van der Waals surface area contributed by atoms with Crippen molar-refractivity contribution in [2.24, 2.45) is 4.99 Å². The van der Waals surface area contributed by atoms with Crippen LogP contribution in [0.25, 0.3) is 0 Å². The van der Waals surface area contributed by atoms with Crippen molar-refractivity contribution < 1.29 is 10.2 Å². The number of benzene rings is 1. The molecule has 3 heteroatoms. The van der Waals surface area contributed by atoms with Gasteiger partial charge in [-0.25, -0.2) is 0 Å². The second kappa shape index (κ2) is 17.6. The lowest BCUT2D eigenvalue weighted by Crippen LogP contribution is -1.87. The monoisotopic (exact) mass is 389 g/mol. The summed E-state index contributed by atoms with van der Waals surface area (Å²) in [6, 6.07) is 4.59. The molecule has 2 N–H and O–H groups in total. The molecule has 0 aliphatic heterocycles. The molecule has 1 aromatic rings. The van der Waals surface area contributed by atoms with Crippen molar-refractivity contribution in [3.05, 3.63) is 23.8 Å². The zero-order valence-corrected chi connectivity index (χ0v) is 18.2. The highest BCUT2D eigenvalue weighted by molar-refractivity contribution is 5.83. The molecule has 0 atom stereocenters. The number of hydrogen-bond donors (Lipinski definition) is 2. The van der Waals surface area contributed by atoms with E-state index in [-0.39, 0.29) is 11.5 Å². The van der Waals surface area contributed by atoms with Gasteiger partial charge in [-0.15, -0.1) is 0 Å². The van der Waals surface area contributed by atoms with Crippen molar-refractivity contribution in [1.82, 2.24) is 0 Å². The highest BCUT2D eigenvalue weighted by Gasteiger charge is 1.98. The second-order valence-corrected chi connectivity index (χ2v) is 8.08. The molecule has 0 aliphatic carbocycles. The Labute approximate surface area is 173 Å². The van der Waals surface area contributed by atoms with Crippen LogP contribution in [-0.4, -0.2) is 23.0 Å². The smallest absolute Gasteiger partial charge is 0.128 e. The Morgan fingerprint density at radius 1 is 0.679 bits per heavy atom. The lowest BCUT2D eigenvalue weighted by Gasteiger charge is -2.03. The Balaban J connectivity index is 1.81. The number of hydrogen-bond acceptors (Lipinski definition) is 3. The van der Waals surface area contributed by atoms with Crippen molar-refractivity contribution in [3.63, 3.8) is 0 Å². The molecule has 0 amide bonds. The standard InChI is InChI=1S/C25H43NO2/c1-2-3-4-5-6-7-8-9-10-11-12-13-14-15-16-17-20-26-22-23-18-19-24(27)21-25(23)28/h18-19,21-22,27-28H,2-17,20H2,1H3. The fourth-order valence-electron chi connectivity index (χ4n) is 3.56. The van der Waals surface area contributed by atoms with Crippen molar-refractivity contribution in [3.8, 4) is 11.5 Å². The van der Waals surface area contributed by atoms with E-state index in [1.165, 1.54) is 102 Å². The topological polar surface area (TPSA) is 52.8 Å². The molecule has 1 aromatic carbocycles. The third kappa shape index (κ3) is 13.6. The zero-order chi connectivity index (χ0) is 20.3. The maximum Gasteiger partial charge on any atom is 0.128 e. The van der Waals surface area contributed by atoms with Crippen LogP contribution in [0.15, 0.2) is 23.2 Å². The maximum atomic E-state index is 9.68.